The van der Waals surface area contributed by atoms with Crippen molar-refractivity contribution in [3.05, 3.63) is 88.2 Å². The predicted molar refractivity (Wildman–Crippen MR) is 113 cm³/mol. The van der Waals surface area contributed by atoms with Gasteiger partial charge in [0.1, 0.15) is 11.5 Å². The Kier molecular flexibility index (Phi) is 4.84. The van der Waals surface area contributed by atoms with E-state index in [1.54, 1.807) is 24.3 Å². The minimum absolute atomic E-state index is 0.261. The van der Waals surface area contributed by atoms with Crippen LogP contribution in [-0.2, 0) is 7.05 Å². The summed E-state index contributed by atoms with van der Waals surface area (Å²) in [6, 6.07) is 20.8. The molecule has 1 aromatic heterocycles. The van der Waals surface area contributed by atoms with E-state index in [9.17, 15) is 4.79 Å². The largest absolute Gasteiger partial charge is 0.457 e. The van der Waals surface area contributed by atoms with Crippen molar-refractivity contribution in [2.24, 2.45) is 12.0 Å². The van der Waals surface area contributed by atoms with Crippen molar-refractivity contribution in [3.8, 4) is 11.5 Å². The van der Waals surface area contributed by atoms with Gasteiger partial charge in [-0.2, -0.15) is 4.99 Å². The highest BCUT2D eigenvalue weighted by atomic mass is 32.1. The number of rotatable bonds is 3. The van der Waals surface area contributed by atoms with E-state index in [-0.39, 0.29) is 5.91 Å². The minimum Gasteiger partial charge on any atom is -0.457 e. The van der Waals surface area contributed by atoms with Crippen LogP contribution in [0.4, 0.5) is 0 Å². The van der Waals surface area contributed by atoms with E-state index in [4.69, 9.17) is 4.74 Å². The molecule has 0 radical (unpaired) electrons. The Morgan fingerprint density at radius 1 is 0.929 bits per heavy atom. The molecule has 0 bridgehead atoms. The number of ether oxygens (including phenoxy) is 1. The molecule has 0 atom stereocenters. The number of fused-ring (bicyclic) bond motifs is 1. The zero-order valence-corrected chi connectivity index (χ0v) is 16.8. The Balaban J connectivity index is 1.62. The van der Waals surface area contributed by atoms with Gasteiger partial charge in [0, 0.05) is 12.6 Å². The average molecular weight is 388 g/mol. The Morgan fingerprint density at radius 2 is 1.61 bits per heavy atom. The molecule has 5 heteroatoms. The van der Waals surface area contributed by atoms with Crippen LogP contribution in [0.5, 0.6) is 11.5 Å². The van der Waals surface area contributed by atoms with Crippen molar-refractivity contribution >= 4 is 27.5 Å². The van der Waals surface area contributed by atoms with Gasteiger partial charge in [-0.1, -0.05) is 35.6 Å². The van der Waals surface area contributed by atoms with Gasteiger partial charge in [-0.3, -0.25) is 4.79 Å². The van der Waals surface area contributed by atoms with Crippen LogP contribution in [0.3, 0.4) is 0 Å². The second-order valence-corrected chi connectivity index (χ2v) is 7.66. The smallest absolute Gasteiger partial charge is 0.279 e. The first-order valence-corrected chi connectivity index (χ1v) is 9.82. The molecule has 0 saturated heterocycles. The van der Waals surface area contributed by atoms with E-state index < -0.39 is 0 Å². The number of hydrogen-bond donors (Lipinski definition) is 0. The summed E-state index contributed by atoms with van der Waals surface area (Å²) in [4.78, 5) is 17.7. The lowest BCUT2D eigenvalue weighted by Gasteiger charge is -2.05. The molecule has 0 saturated carbocycles. The molecule has 3 aromatic carbocycles. The maximum absolute atomic E-state index is 12.7. The van der Waals surface area contributed by atoms with Gasteiger partial charge in [0.15, 0.2) is 4.80 Å². The van der Waals surface area contributed by atoms with Gasteiger partial charge < -0.3 is 9.30 Å². The molecule has 0 fully saturated rings. The molecule has 0 spiro atoms. The summed E-state index contributed by atoms with van der Waals surface area (Å²) >= 11 is 1.53. The predicted octanol–water partition coefficient (Wildman–Crippen LogP) is 5.39. The number of thiazole rings is 1. The number of benzene rings is 3. The van der Waals surface area contributed by atoms with Crippen molar-refractivity contribution in [1.82, 2.24) is 4.57 Å². The molecule has 0 aliphatic rings. The summed E-state index contributed by atoms with van der Waals surface area (Å²) in [5.74, 6) is 1.18. The normalized spacial score (nSPS) is 11.8. The molecule has 0 aliphatic carbocycles. The summed E-state index contributed by atoms with van der Waals surface area (Å²) in [5, 5.41) is 0. The number of nitrogens with zero attached hydrogens (tertiary/aromatic N) is 2. The number of hydrogen-bond acceptors (Lipinski definition) is 3. The first-order chi connectivity index (χ1) is 13.5. The molecule has 140 valence electrons. The molecule has 1 amide bonds. The average Bonchev–Trinajstić information content (AvgIpc) is 3.02. The highest BCUT2D eigenvalue weighted by Crippen LogP contribution is 2.24. The van der Waals surface area contributed by atoms with E-state index >= 15 is 0 Å². The second-order valence-electron chi connectivity index (χ2n) is 6.65. The summed E-state index contributed by atoms with van der Waals surface area (Å²) in [7, 11) is 1.95. The summed E-state index contributed by atoms with van der Waals surface area (Å²) in [5.41, 5.74) is 4.11. The fourth-order valence-corrected chi connectivity index (χ4v) is 4.15. The van der Waals surface area contributed by atoms with Gasteiger partial charge in [-0.25, -0.2) is 0 Å². The van der Waals surface area contributed by atoms with Gasteiger partial charge in [-0.05, 0) is 67.4 Å². The molecular weight excluding hydrogens is 368 g/mol. The standard InChI is InChI=1S/C23H20N2O2S/c1-15-9-14-20-21(16(15)2)25(3)23(28-20)24-22(26)17-10-12-19(13-11-17)27-18-7-5-4-6-8-18/h4-14H,1-3H3. The molecule has 0 N–H and O–H groups in total. The Bertz CT molecular complexity index is 1220. The Labute approximate surface area is 167 Å². The quantitative estimate of drug-likeness (QED) is 0.472. The van der Waals surface area contributed by atoms with Crippen molar-refractivity contribution < 1.29 is 9.53 Å². The number of amides is 1. The molecular formula is C23H20N2O2S. The number of carbonyl (C=O) groups is 1. The van der Waals surface area contributed by atoms with E-state index in [0.717, 1.165) is 16.0 Å². The van der Waals surface area contributed by atoms with Crippen molar-refractivity contribution in [2.45, 2.75) is 13.8 Å². The fraction of sp³-hybridized carbons (Fsp3) is 0.130. The maximum atomic E-state index is 12.7. The van der Waals surface area contributed by atoms with Crippen molar-refractivity contribution in [1.29, 1.82) is 0 Å². The highest BCUT2D eigenvalue weighted by molar-refractivity contribution is 7.16. The van der Waals surface area contributed by atoms with E-state index in [0.29, 0.717) is 16.1 Å². The number of aryl methyl sites for hydroxylation is 3. The highest BCUT2D eigenvalue weighted by Gasteiger charge is 2.10. The van der Waals surface area contributed by atoms with Crippen LogP contribution < -0.4 is 9.54 Å². The zero-order chi connectivity index (χ0) is 19.7. The van der Waals surface area contributed by atoms with Crippen LogP contribution in [0.25, 0.3) is 10.2 Å². The summed E-state index contributed by atoms with van der Waals surface area (Å²) in [6.45, 7) is 4.19. The molecule has 0 unspecified atom stereocenters. The number of para-hydroxylation sites is 1. The fourth-order valence-electron chi connectivity index (χ4n) is 3.08. The molecule has 4 nitrogen and oxygen atoms in total. The lowest BCUT2D eigenvalue weighted by atomic mass is 10.1. The van der Waals surface area contributed by atoms with Gasteiger partial charge in [0.25, 0.3) is 5.91 Å². The Morgan fingerprint density at radius 3 is 2.32 bits per heavy atom. The monoisotopic (exact) mass is 388 g/mol. The zero-order valence-electron chi connectivity index (χ0n) is 16.0. The molecule has 28 heavy (non-hydrogen) atoms. The van der Waals surface area contributed by atoms with Crippen molar-refractivity contribution in [3.63, 3.8) is 0 Å². The number of carbonyl (C=O) groups excluding carboxylic acids is 1. The van der Waals surface area contributed by atoms with Crippen LogP contribution in [0.15, 0.2) is 71.7 Å². The number of aromatic nitrogens is 1. The van der Waals surface area contributed by atoms with E-state index in [2.05, 4.69) is 31.0 Å². The lowest BCUT2D eigenvalue weighted by Crippen LogP contribution is -2.13. The third-order valence-electron chi connectivity index (χ3n) is 4.77. The van der Waals surface area contributed by atoms with Gasteiger partial charge in [0.05, 0.1) is 10.2 Å². The summed E-state index contributed by atoms with van der Waals surface area (Å²) < 4.78 is 8.89. The van der Waals surface area contributed by atoms with Crippen LogP contribution in [-0.4, -0.2) is 10.5 Å². The summed E-state index contributed by atoms with van der Waals surface area (Å²) in [6.07, 6.45) is 0. The van der Waals surface area contributed by atoms with Gasteiger partial charge in [0.2, 0.25) is 0 Å². The van der Waals surface area contributed by atoms with Crippen LogP contribution in [0, 0.1) is 13.8 Å². The second kappa shape index (κ2) is 7.44. The molecule has 0 aliphatic heterocycles. The van der Waals surface area contributed by atoms with Crippen LogP contribution in [0.2, 0.25) is 0 Å². The Hall–Kier alpha value is -3.18. The molecule has 4 aromatic rings. The first kappa shape index (κ1) is 18.2. The SMILES string of the molecule is Cc1ccc2sc(=NC(=O)c3ccc(Oc4ccccc4)cc3)n(C)c2c1C. The van der Waals surface area contributed by atoms with Gasteiger partial charge in [-0.15, -0.1) is 0 Å². The minimum atomic E-state index is -0.261. The third-order valence-corrected chi connectivity index (χ3v) is 5.86. The van der Waals surface area contributed by atoms with E-state index in [1.165, 1.54) is 22.5 Å². The van der Waals surface area contributed by atoms with E-state index in [1.807, 2.05) is 41.9 Å². The van der Waals surface area contributed by atoms with Crippen LogP contribution in [0.1, 0.15) is 21.5 Å². The van der Waals surface area contributed by atoms with Crippen molar-refractivity contribution in [2.75, 3.05) is 0 Å². The topological polar surface area (TPSA) is 43.6 Å². The van der Waals surface area contributed by atoms with Crippen LogP contribution >= 0.6 is 11.3 Å². The maximum Gasteiger partial charge on any atom is 0.279 e. The third kappa shape index (κ3) is 3.49. The lowest BCUT2D eigenvalue weighted by molar-refractivity contribution is 0.0998. The first-order valence-electron chi connectivity index (χ1n) is 9.00. The molecule has 1 heterocycles. The molecule has 4 rings (SSSR count). The van der Waals surface area contributed by atoms with Gasteiger partial charge >= 0.3 is 0 Å².